The minimum absolute atomic E-state index is 0.0230. The molecule has 1 fully saturated rings. The smallest absolute Gasteiger partial charge is 0.328 e. The van der Waals surface area contributed by atoms with Gasteiger partial charge in [-0.25, -0.2) is 4.79 Å². The molecule has 1 amide bonds. The number of aliphatic hydroxyl groups is 1. The van der Waals surface area contributed by atoms with Crippen molar-refractivity contribution in [2.75, 3.05) is 20.8 Å². The second kappa shape index (κ2) is 6.83. The van der Waals surface area contributed by atoms with Gasteiger partial charge in [0, 0.05) is 25.1 Å². The molecule has 2 rings (SSSR count). The Labute approximate surface area is 137 Å². The molecule has 9 nitrogen and oxygen atoms in total. The van der Waals surface area contributed by atoms with Gasteiger partial charge >= 0.3 is 5.97 Å². The molecule has 0 radical (unpaired) electrons. The lowest BCUT2D eigenvalue weighted by molar-refractivity contribution is -0.385. The number of ether oxygens (including phenoxy) is 2. The van der Waals surface area contributed by atoms with Gasteiger partial charge in [-0.1, -0.05) is 0 Å². The van der Waals surface area contributed by atoms with Crippen molar-refractivity contribution in [3.63, 3.8) is 0 Å². The topological polar surface area (TPSA) is 119 Å². The van der Waals surface area contributed by atoms with Gasteiger partial charge in [0.1, 0.15) is 17.4 Å². The minimum Gasteiger partial charge on any atom is -0.496 e. The highest BCUT2D eigenvalue weighted by molar-refractivity contribution is 6.01. The summed E-state index contributed by atoms with van der Waals surface area (Å²) < 4.78 is 9.75. The van der Waals surface area contributed by atoms with Gasteiger partial charge in [0.2, 0.25) is 0 Å². The van der Waals surface area contributed by atoms with Crippen LogP contribution in [-0.4, -0.2) is 59.7 Å². The van der Waals surface area contributed by atoms with Crippen molar-refractivity contribution >= 4 is 17.6 Å². The van der Waals surface area contributed by atoms with Gasteiger partial charge in [-0.3, -0.25) is 14.9 Å². The Kier molecular flexibility index (Phi) is 5.03. The summed E-state index contributed by atoms with van der Waals surface area (Å²) in [5.41, 5.74) is -0.0829. The van der Waals surface area contributed by atoms with Gasteiger partial charge in [-0.15, -0.1) is 0 Å². The van der Waals surface area contributed by atoms with Crippen LogP contribution < -0.4 is 4.74 Å². The number of β-amino-alcohol motifs (C(OH)–C–C–N with tert-alkyl or cyclic N) is 1. The number of hydrogen-bond donors (Lipinski definition) is 1. The van der Waals surface area contributed by atoms with Gasteiger partial charge in [0.05, 0.1) is 25.2 Å². The SMILES string of the molecule is COC(=O)[C@@H]1C[C@@H](O)CN1C(=O)c1cc(OC)c(C)cc1[N+](=O)[O-]. The lowest BCUT2D eigenvalue weighted by Crippen LogP contribution is -2.41. The van der Waals surface area contributed by atoms with E-state index in [1.54, 1.807) is 6.92 Å². The van der Waals surface area contributed by atoms with Crippen LogP contribution in [0.2, 0.25) is 0 Å². The molecule has 0 aliphatic carbocycles. The van der Waals surface area contributed by atoms with Gasteiger partial charge in [0.25, 0.3) is 11.6 Å². The molecule has 24 heavy (non-hydrogen) atoms. The second-order valence-electron chi connectivity index (χ2n) is 5.48. The summed E-state index contributed by atoms with van der Waals surface area (Å²) in [6.07, 6.45) is -0.876. The first-order valence-electron chi connectivity index (χ1n) is 7.20. The van der Waals surface area contributed by atoms with E-state index in [1.165, 1.54) is 26.4 Å². The Bertz CT molecular complexity index is 689. The van der Waals surface area contributed by atoms with Crippen LogP contribution in [0, 0.1) is 17.0 Å². The Morgan fingerprint density at radius 3 is 2.58 bits per heavy atom. The molecule has 9 heteroatoms. The number of hydrogen-bond acceptors (Lipinski definition) is 7. The number of amides is 1. The number of carbonyl (C=O) groups is 2. The molecule has 1 saturated heterocycles. The normalized spacial score (nSPS) is 19.9. The van der Waals surface area contributed by atoms with Gasteiger partial charge in [0.15, 0.2) is 0 Å². The summed E-state index contributed by atoms with van der Waals surface area (Å²) in [4.78, 5) is 36.3. The highest BCUT2D eigenvalue weighted by Gasteiger charge is 2.41. The van der Waals surface area contributed by atoms with Crippen LogP contribution in [0.4, 0.5) is 5.69 Å². The number of methoxy groups -OCH3 is 2. The van der Waals surface area contributed by atoms with E-state index in [0.717, 1.165) is 4.90 Å². The Hall–Kier alpha value is -2.68. The van der Waals surface area contributed by atoms with Crippen molar-refractivity contribution in [1.29, 1.82) is 0 Å². The molecule has 1 aliphatic heterocycles. The van der Waals surface area contributed by atoms with E-state index in [4.69, 9.17) is 4.74 Å². The quantitative estimate of drug-likeness (QED) is 0.486. The highest BCUT2D eigenvalue weighted by Crippen LogP contribution is 2.31. The largest absolute Gasteiger partial charge is 0.496 e. The molecule has 1 N–H and O–H groups in total. The number of nitro benzene ring substituents is 1. The van der Waals surface area contributed by atoms with E-state index >= 15 is 0 Å². The predicted molar refractivity (Wildman–Crippen MR) is 81.8 cm³/mol. The average Bonchev–Trinajstić information content (AvgIpc) is 2.94. The average molecular weight is 338 g/mol. The molecule has 0 spiro atoms. The van der Waals surface area contributed by atoms with Crippen molar-refractivity contribution in [3.8, 4) is 5.75 Å². The summed E-state index contributed by atoms with van der Waals surface area (Å²) in [5.74, 6) is -1.09. The number of aliphatic hydroxyl groups excluding tert-OH is 1. The molecular weight excluding hydrogens is 320 g/mol. The van der Waals surface area contributed by atoms with E-state index < -0.39 is 28.9 Å². The van der Waals surface area contributed by atoms with Gasteiger partial charge in [-0.05, 0) is 12.5 Å². The third-order valence-corrected chi connectivity index (χ3v) is 3.95. The third kappa shape index (κ3) is 3.16. The fourth-order valence-electron chi connectivity index (χ4n) is 2.77. The maximum Gasteiger partial charge on any atom is 0.328 e. The zero-order valence-corrected chi connectivity index (χ0v) is 13.5. The molecular formula is C15H18N2O7. The number of aryl methyl sites for hydroxylation is 1. The van der Waals surface area contributed by atoms with Crippen molar-refractivity contribution in [1.82, 2.24) is 4.90 Å². The van der Waals surface area contributed by atoms with E-state index in [0.29, 0.717) is 11.3 Å². The molecule has 1 aromatic rings. The lowest BCUT2D eigenvalue weighted by atomic mass is 10.1. The molecule has 1 aliphatic rings. The molecule has 130 valence electrons. The number of rotatable bonds is 4. The first-order chi connectivity index (χ1) is 11.3. The molecule has 1 aromatic carbocycles. The first kappa shape index (κ1) is 17.7. The molecule has 0 aromatic heterocycles. The Morgan fingerprint density at radius 2 is 2.04 bits per heavy atom. The summed E-state index contributed by atoms with van der Waals surface area (Å²) >= 11 is 0. The van der Waals surface area contributed by atoms with E-state index in [1.807, 2.05) is 0 Å². The molecule has 0 unspecified atom stereocenters. The second-order valence-corrected chi connectivity index (χ2v) is 5.48. The third-order valence-electron chi connectivity index (χ3n) is 3.95. The summed E-state index contributed by atoms with van der Waals surface area (Å²) in [6, 6.07) is 1.53. The first-order valence-corrected chi connectivity index (χ1v) is 7.20. The van der Waals surface area contributed by atoms with Crippen molar-refractivity contribution in [2.24, 2.45) is 0 Å². The highest BCUT2D eigenvalue weighted by atomic mass is 16.6. The number of carbonyl (C=O) groups excluding carboxylic acids is 2. The Morgan fingerprint density at radius 1 is 1.38 bits per heavy atom. The van der Waals surface area contributed by atoms with Crippen LogP contribution in [0.25, 0.3) is 0 Å². The van der Waals surface area contributed by atoms with Crippen LogP contribution in [-0.2, 0) is 9.53 Å². The monoisotopic (exact) mass is 338 g/mol. The van der Waals surface area contributed by atoms with Crippen LogP contribution in [0.5, 0.6) is 5.75 Å². The zero-order chi connectivity index (χ0) is 18.0. The number of nitrogens with zero attached hydrogens (tertiary/aromatic N) is 2. The van der Waals surface area contributed by atoms with Crippen LogP contribution >= 0.6 is 0 Å². The van der Waals surface area contributed by atoms with Crippen LogP contribution in [0.3, 0.4) is 0 Å². The fraction of sp³-hybridized carbons (Fsp3) is 0.467. The maximum absolute atomic E-state index is 12.8. The van der Waals surface area contributed by atoms with E-state index in [9.17, 15) is 24.8 Å². The number of nitro groups is 1. The molecule has 2 atom stereocenters. The van der Waals surface area contributed by atoms with Gasteiger partial charge < -0.3 is 19.5 Å². The summed E-state index contributed by atoms with van der Waals surface area (Å²) in [7, 11) is 2.56. The van der Waals surface area contributed by atoms with Crippen molar-refractivity contribution in [2.45, 2.75) is 25.5 Å². The standard InChI is InChI=1S/C15H18N2O7/c1-8-4-11(17(21)22)10(6-13(8)23-2)14(19)16-7-9(18)5-12(16)15(20)24-3/h4,6,9,12,18H,5,7H2,1-3H3/t9-,12+/m1/s1. The van der Waals surface area contributed by atoms with Crippen molar-refractivity contribution < 1.29 is 29.1 Å². The summed E-state index contributed by atoms with van der Waals surface area (Å²) in [6.45, 7) is 1.52. The fourth-order valence-corrected chi connectivity index (χ4v) is 2.77. The van der Waals surface area contributed by atoms with Gasteiger partial charge in [-0.2, -0.15) is 0 Å². The minimum atomic E-state index is -0.982. The number of benzene rings is 1. The predicted octanol–water partition coefficient (Wildman–Crippen LogP) is 0.660. The summed E-state index contributed by atoms with van der Waals surface area (Å²) in [5, 5.41) is 21.1. The van der Waals surface area contributed by atoms with E-state index in [-0.39, 0.29) is 24.2 Å². The number of likely N-dealkylation sites (tertiary alicyclic amines) is 1. The maximum atomic E-state index is 12.8. The molecule has 0 saturated carbocycles. The number of esters is 1. The lowest BCUT2D eigenvalue weighted by Gasteiger charge is -2.22. The molecule has 1 heterocycles. The van der Waals surface area contributed by atoms with E-state index in [2.05, 4.69) is 4.74 Å². The van der Waals surface area contributed by atoms with Crippen LogP contribution in [0.15, 0.2) is 12.1 Å². The molecule has 0 bridgehead atoms. The van der Waals surface area contributed by atoms with Crippen molar-refractivity contribution in [3.05, 3.63) is 33.4 Å². The Balaban J connectivity index is 2.48. The zero-order valence-electron chi connectivity index (χ0n) is 13.5. The van der Waals surface area contributed by atoms with Crippen LogP contribution in [0.1, 0.15) is 22.3 Å².